The van der Waals surface area contributed by atoms with E-state index < -0.39 is 11.4 Å². The molecule has 0 aliphatic heterocycles. The molecule has 0 unspecified atom stereocenters. The lowest BCUT2D eigenvalue weighted by Gasteiger charge is -2.24. The molecule has 0 spiro atoms. The first-order valence-electron chi connectivity index (χ1n) is 6.48. The first-order chi connectivity index (χ1) is 8.55. The molecule has 98 valence electrons. The molecular formula is C15H20O3. The average Bonchev–Trinajstić information content (AvgIpc) is 2.81. The Balaban J connectivity index is 2.11. The molecule has 18 heavy (non-hydrogen) atoms. The summed E-state index contributed by atoms with van der Waals surface area (Å²) < 4.78 is 5.79. The van der Waals surface area contributed by atoms with Crippen molar-refractivity contribution in [2.45, 2.75) is 39.5 Å². The summed E-state index contributed by atoms with van der Waals surface area (Å²) in [6.45, 7) is 4.32. The van der Waals surface area contributed by atoms with Gasteiger partial charge in [-0.05, 0) is 43.9 Å². The van der Waals surface area contributed by atoms with Crippen molar-refractivity contribution < 1.29 is 14.6 Å². The van der Waals surface area contributed by atoms with Crippen LogP contribution in [0, 0.1) is 19.3 Å². The zero-order valence-corrected chi connectivity index (χ0v) is 11.0. The lowest BCUT2D eigenvalue weighted by atomic mass is 9.87. The molecular weight excluding hydrogens is 228 g/mol. The van der Waals surface area contributed by atoms with Gasteiger partial charge in [0.15, 0.2) is 0 Å². The molecule has 0 heterocycles. The molecule has 0 aromatic heterocycles. The Kier molecular flexibility index (Phi) is 3.60. The fourth-order valence-electron chi connectivity index (χ4n) is 2.57. The van der Waals surface area contributed by atoms with Crippen LogP contribution in [0.1, 0.15) is 36.8 Å². The van der Waals surface area contributed by atoms with E-state index in [1.807, 2.05) is 32.0 Å². The van der Waals surface area contributed by atoms with Crippen molar-refractivity contribution in [3.63, 3.8) is 0 Å². The summed E-state index contributed by atoms with van der Waals surface area (Å²) in [5.74, 6) is 0.0906. The van der Waals surface area contributed by atoms with Gasteiger partial charge in [-0.1, -0.05) is 25.0 Å². The van der Waals surface area contributed by atoms with Crippen LogP contribution in [0.5, 0.6) is 5.75 Å². The van der Waals surface area contributed by atoms with E-state index in [4.69, 9.17) is 4.74 Å². The van der Waals surface area contributed by atoms with Crippen LogP contribution in [-0.2, 0) is 4.79 Å². The van der Waals surface area contributed by atoms with Crippen molar-refractivity contribution in [1.82, 2.24) is 0 Å². The summed E-state index contributed by atoms with van der Waals surface area (Å²) in [6, 6.07) is 5.89. The SMILES string of the molecule is Cc1cccc(OCC2(C(=O)O)CCCC2)c1C. The topological polar surface area (TPSA) is 46.5 Å². The van der Waals surface area contributed by atoms with Crippen LogP contribution in [0.4, 0.5) is 0 Å². The lowest BCUT2D eigenvalue weighted by Crippen LogP contribution is -2.34. The molecule has 0 atom stereocenters. The Bertz CT molecular complexity index is 445. The van der Waals surface area contributed by atoms with E-state index in [2.05, 4.69) is 0 Å². The van der Waals surface area contributed by atoms with Crippen LogP contribution in [0.3, 0.4) is 0 Å². The Morgan fingerprint density at radius 2 is 2.00 bits per heavy atom. The minimum absolute atomic E-state index is 0.284. The molecule has 1 fully saturated rings. The van der Waals surface area contributed by atoms with Gasteiger partial charge in [-0.15, -0.1) is 0 Å². The summed E-state index contributed by atoms with van der Waals surface area (Å²) in [5.41, 5.74) is 1.59. The first-order valence-corrected chi connectivity index (χ1v) is 6.48. The molecule has 0 bridgehead atoms. The normalized spacial score (nSPS) is 17.7. The van der Waals surface area contributed by atoms with Crippen LogP contribution in [0.15, 0.2) is 18.2 Å². The van der Waals surface area contributed by atoms with E-state index in [-0.39, 0.29) is 6.61 Å². The summed E-state index contributed by atoms with van der Waals surface area (Å²) in [6.07, 6.45) is 3.44. The number of carboxylic acids is 1. The third kappa shape index (κ3) is 2.35. The van der Waals surface area contributed by atoms with Crippen molar-refractivity contribution in [3.8, 4) is 5.75 Å². The highest BCUT2D eigenvalue weighted by atomic mass is 16.5. The van der Waals surface area contributed by atoms with Gasteiger partial charge in [-0.25, -0.2) is 0 Å². The predicted octanol–water partition coefficient (Wildman–Crippen LogP) is 3.33. The Labute approximate surface area is 108 Å². The van der Waals surface area contributed by atoms with Crippen LogP contribution in [-0.4, -0.2) is 17.7 Å². The van der Waals surface area contributed by atoms with Gasteiger partial charge >= 0.3 is 5.97 Å². The van der Waals surface area contributed by atoms with E-state index in [0.717, 1.165) is 37.0 Å². The molecule has 0 radical (unpaired) electrons. The van der Waals surface area contributed by atoms with Gasteiger partial charge in [0.25, 0.3) is 0 Å². The molecule has 1 aromatic rings. The van der Waals surface area contributed by atoms with Gasteiger partial charge in [0.2, 0.25) is 0 Å². The quantitative estimate of drug-likeness (QED) is 0.889. The van der Waals surface area contributed by atoms with Gasteiger partial charge < -0.3 is 9.84 Å². The van der Waals surface area contributed by atoms with E-state index in [9.17, 15) is 9.90 Å². The maximum atomic E-state index is 11.4. The number of rotatable bonds is 4. The Hall–Kier alpha value is -1.51. The number of hydrogen-bond acceptors (Lipinski definition) is 2. The smallest absolute Gasteiger partial charge is 0.313 e. The maximum Gasteiger partial charge on any atom is 0.313 e. The molecule has 0 saturated heterocycles. The van der Waals surface area contributed by atoms with E-state index >= 15 is 0 Å². The number of carboxylic acid groups (broad SMARTS) is 1. The van der Waals surface area contributed by atoms with Crippen molar-refractivity contribution in [3.05, 3.63) is 29.3 Å². The van der Waals surface area contributed by atoms with Crippen molar-refractivity contribution in [2.75, 3.05) is 6.61 Å². The summed E-state index contributed by atoms with van der Waals surface area (Å²) in [7, 11) is 0. The third-order valence-electron chi connectivity index (χ3n) is 4.07. The number of aliphatic carboxylic acids is 1. The van der Waals surface area contributed by atoms with E-state index in [0.29, 0.717) is 0 Å². The van der Waals surface area contributed by atoms with E-state index in [1.54, 1.807) is 0 Å². The molecule has 1 saturated carbocycles. The monoisotopic (exact) mass is 248 g/mol. The third-order valence-corrected chi connectivity index (χ3v) is 4.07. The van der Waals surface area contributed by atoms with Crippen LogP contribution < -0.4 is 4.74 Å². The number of hydrogen-bond donors (Lipinski definition) is 1. The van der Waals surface area contributed by atoms with Gasteiger partial charge in [-0.3, -0.25) is 4.79 Å². The van der Waals surface area contributed by atoms with Gasteiger partial charge in [0.1, 0.15) is 17.8 Å². The fraction of sp³-hybridized carbons (Fsp3) is 0.533. The van der Waals surface area contributed by atoms with E-state index in [1.165, 1.54) is 5.56 Å². The molecule has 1 aliphatic rings. The lowest BCUT2D eigenvalue weighted by molar-refractivity contribution is -0.150. The average molecular weight is 248 g/mol. The number of ether oxygens (including phenoxy) is 1. The van der Waals surface area contributed by atoms with Crippen molar-refractivity contribution >= 4 is 5.97 Å². The maximum absolute atomic E-state index is 11.4. The van der Waals surface area contributed by atoms with Gasteiger partial charge in [0.05, 0.1) is 0 Å². The molecule has 1 aromatic carbocycles. The van der Waals surface area contributed by atoms with Crippen LogP contribution >= 0.6 is 0 Å². The summed E-state index contributed by atoms with van der Waals surface area (Å²) in [5, 5.41) is 9.39. The highest BCUT2D eigenvalue weighted by Gasteiger charge is 2.42. The number of benzene rings is 1. The molecule has 3 heteroatoms. The predicted molar refractivity (Wildman–Crippen MR) is 69.9 cm³/mol. The first kappa shape index (κ1) is 12.9. The Morgan fingerprint density at radius 1 is 1.33 bits per heavy atom. The largest absolute Gasteiger partial charge is 0.492 e. The van der Waals surface area contributed by atoms with Crippen LogP contribution in [0.2, 0.25) is 0 Å². The molecule has 1 aliphatic carbocycles. The van der Waals surface area contributed by atoms with Crippen molar-refractivity contribution in [2.24, 2.45) is 5.41 Å². The standard InChI is InChI=1S/C15H20O3/c1-11-6-5-7-13(12(11)2)18-10-15(14(16)17)8-3-4-9-15/h5-7H,3-4,8-10H2,1-2H3,(H,16,17). The second-order valence-corrected chi connectivity index (χ2v) is 5.28. The van der Waals surface area contributed by atoms with Crippen LogP contribution in [0.25, 0.3) is 0 Å². The highest BCUT2D eigenvalue weighted by molar-refractivity contribution is 5.75. The summed E-state index contributed by atoms with van der Waals surface area (Å²) >= 11 is 0. The minimum atomic E-state index is -0.717. The number of carbonyl (C=O) groups is 1. The zero-order valence-electron chi connectivity index (χ0n) is 11.0. The van der Waals surface area contributed by atoms with Gasteiger partial charge in [0, 0.05) is 0 Å². The van der Waals surface area contributed by atoms with Crippen molar-refractivity contribution in [1.29, 1.82) is 0 Å². The molecule has 1 N–H and O–H groups in total. The highest BCUT2D eigenvalue weighted by Crippen LogP contribution is 2.39. The molecule has 3 nitrogen and oxygen atoms in total. The minimum Gasteiger partial charge on any atom is -0.492 e. The molecule has 0 amide bonds. The molecule has 2 rings (SSSR count). The zero-order chi connectivity index (χ0) is 13.2. The summed E-state index contributed by atoms with van der Waals surface area (Å²) in [4.78, 5) is 11.4. The second-order valence-electron chi connectivity index (χ2n) is 5.28. The Morgan fingerprint density at radius 3 is 2.61 bits per heavy atom. The fourth-order valence-corrected chi connectivity index (χ4v) is 2.57. The van der Waals surface area contributed by atoms with Gasteiger partial charge in [-0.2, -0.15) is 0 Å². The number of aryl methyl sites for hydroxylation is 1. The second kappa shape index (κ2) is 5.01.